The van der Waals surface area contributed by atoms with Crippen molar-refractivity contribution in [2.45, 2.75) is 37.1 Å². The molecule has 0 aliphatic rings. The third kappa shape index (κ3) is 5.78. The molecule has 0 aromatic heterocycles. The quantitative estimate of drug-likeness (QED) is 0.256. The van der Waals surface area contributed by atoms with Crippen molar-refractivity contribution in [1.82, 2.24) is 5.43 Å². The van der Waals surface area contributed by atoms with E-state index in [-0.39, 0.29) is 0 Å². The van der Waals surface area contributed by atoms with Gasteiger partial charge in [0.15, 0.2) is 0 Å². The molecule has 1 atom stereocenters. The Morgan fingerprint density at radius 3 is 2.71 bits per heavy atom. The summed E-state index contributed by atoms with van der Waals surface area (Å²) in [6.45, 7) is 2.10. The van der Waals surface area contributed by atoms with Gasteiger partial charge in [-0.3, -0.25) is 11.3 Å². The van der Waals surface area contributed by atoms with Crippen LogP contribution >= 0.6 is 11.8 Å². The van der Waals surface area contributed by atoms with Gasteiger partial charge in [-0.2, -0.15) is 0 Å². The Kier molecular flexibility index (Phi) is 6.80. The van der Waals surface area contributed by atoms with E-state index in [1.54, 1.807) is 0 Å². The summed E-state index contributed by atoms with van der Waals surface area (Å²) < 4.78 is 0. The van der Waals surface area contributed by atoms with Crippen LogP contribution in [-0.2, 0) is 0 Å². The highest BCUT2D eigenvalue weighted by Crippen LogP contribution is 2.20. The Morgan fingerprint density at radius 1 is 1.41 bits per heavy atom. The van der Waals surface area contributed by atoms with Gasteiger partial charge in [0.05, 0.1) is 0 Å². The molecule has 3 N–H and O–H groups in total. The number of nitrogens with one attached hydrogen (secondary N) is 1. The summed E-state index contributed by atoms with van der Waals surface area (Å²) in [7, 11) is 0. The molecular formula is C14H20N2S. The van der Waals surface area contributed by atoms with Gasteiger partial charge in [0.25, 0.3) is 0 Å². The van der Waals surface area contributed by atoms with Crippen LogP contribution in [0.5, 0.6) is 0 Å². The number of hydrogen-bond acceptors (Lipinski definition) is 3. The van der Waals surface area contributed by atoms with Crippen molar-refractivity contribution in [2.24, 2.45) is 5.84 Å². The van der Waals surface area contributed by atoms with Gasteiger partial charge in [-0.1, -0.05) is 17.7 Å². The second-order valence-corrected chi connectivity index (χ2v) is 5.18. The molecule has 0 amide bonds. The summed E-state index contributed by atoms with van der Waals surface area (Å²) >= 11 is 1.83. The van der Waals surface area contributed by atoms with E-state index in [2.05, 4.69) is 42.5 Å². The molecular weight excluding hydrogens is 228 g/mol. The predicted molar refractivity (Wildman–Crippen MR) is 75.7 cm³/mol. The molecule has 92 valence electrons. The van der Waals surface area contributed by atoms with Crippen LogP contribution in [0.3, 0.4) is 0 Å². The average molecular weight is 248 g/mol. The number of nitrogens with two attached hydrogens (primary N) is 1. The molecule has 1 aromatic carbocycles. The number of thioether (sulfide) groups is 1. The minimum atomic E-state index is 0.328. The zero-order valence-electron chi connectivity index (χ0n) is 10.3. The molecule has 2 nitrogen and oxygen atoms in total. The van der Waals surface area contributed by atoms with Crippen molar-refractivity contribution < 1.29 is 0 Å². The van der Waals surface area contributed by atoms with E-state index in [9.17, 15) is 0 Å². The molecule has 0 aliphatic heterocycles. The van der Waals surface area contributed by atoms with Crippen molar-refractivity contribution in [2.75, 3.05) is 5.75 Å². The maximum atomic E-state index is 5.53. The number of hydrazine groups is 1. The average Bonchev–Trinajstić information content (AvgIpc) is 2.35. The fourth-order valence-corrected chi connectivity index (χ4v) is 2.48. The highest BCUT2D eigenvalue weighted by atomic mass is 32.2. The SMILES string of the molecule is C#CCCCC(CSc1ccc(C)cc1)NN. The van der Waals surface area contributed by atoms with Gasteiger partial charge in [-0.25, -0.2) is 0 Å². The molecule has 0 fully saturated rings. The standard InChI is InChI=1S/C14H20N2S/c1-3-4-5-6-13(16-15)11-17-14-9-7-12(2)8-10-14/h1,7-10,13,16H,4-6,11,15H2,2H3. The third-order valence-electron chi connectivity index (χ3n) is 2.58. The van der Waals surface area contributed by atoms with Crippen molar-refractivity contribution >= 4 is 11.8 Å². The van der Waals surface area contributed by atoms with Gasteiger partial charge in [0.2, 0.25) is 0 Å². The Bertz CT molecular complexity index is 353. The second-order valence-electron chi connectivity index (χ2n) is 4.08. The first-order valence-corrected chi connectivity index (χ1v) is 6.84. The van der Waals surface area contributed by atoms with Crippen LogP contribution in [-0.4, -0.2) is 11.8 Å². The van der Waals surface area contributed by atoms with Crippen LogP contribution in [0.4, 0.5) is 0 Å². The summed E-state index contributed by atoms with van der Waals surface area (Å²) in [6, 6.07) is 8.89. The van der Waals surface area contributed by atoms with Gasteiger partial charge in [0.1, 0.15) is 0 Å². The zero-order valence-corrected chi connectivity index (χ0v) is 11.1. The summed E-state index contributed by atoms with van der Waals surface area (Å²) in [4.78, 5) is 1.28. The maximum Gasteiger partial charge on any atom is 0.0304 e. The Morgan fingerprint density at radius 2 is 2.12 bits per heavy atom. The first-order chi connectivity index (χ1) is 8.26. The van der Waals surface area contributed by atoms with Gasteiger partial charge in [0, 0.05) is 23.1 Å². The van der Waals surface area contributed by atoms with Crippen molar-refractivity contribution in [1.29, 1.82) is 0 Å². The Balaban J connectivity index is 2.32. The first-order valence-electron chi connectivity index (χ1n) is 5.85. The highest BCUT2D eigenvalue weighted by Gasteiger charge is 2.06. The number of hydrogen-bond donors (Lipinski definition) is 2. The van der Waals surface area contributed by atoms with E-state index in [1.165, 1.54) is 10.5 Å². The third-order valence-corrected chi connectivity index (χ3v) is 3.76. The number of rotatable bonds is 7. The fourth-order valence-electron chi connectivity index (χ4n) is 1.50. The lowest BCUT2D eigenvalue weighted by atomic mass is 10.1. The molecule has 0 radical (unpaired) electrons. The molecule has 3 heteroatoms. The topological polar surface area (TPSA) is 38.0 Å². The monoisotopic (exact) mass is 248 g/mol. The van der Waals surface area contributed by atoms with E-state index in [4.69, 9.17) is 12.3 Å². The maximum absolute atomic E-state index is 5.53. The Hall–Kier alpha value is -0.950. The molecule has 0 aliphatic carbocycles. The number of unbranched alkanes of at least 4 members (excludes halogenated alkanes) is 1. The highest BCUT2D eigenvalue weighted by molar-refractivity contribution is 7.99. The smallest absolute Gasteiger partial charge is 0.0304 e. The largest absolute Gasteiger partial charge is 0.271 e. The Labute approximate surface area is 108 Å². The minimum absolute atomic E-state index is 0.328. The zero-order chi connectivity index (χ0) is 12.5. The van der Waals surface area contributed by atoms with Crippen LogP contribution in [0.2, 0.25) is 0 Å². The molecule has 1 aromatic rings. The number of terminal acetylenes is 1. The van der Waals surface area contributed by atoms with Crippen LogP contribution in [0.1, 0.15) is 24.8 Å². The fraction of sp³-hybridized carbons (Fsp3) is 0.429. The molecule has 0 spiro atoms. The summed E-state index contributed by atoms with van der Waals surface area (Å²) in [5.41, 5.74) is 4.14. The number of aryl methyl sites for hydroxylation is 1. The molecule has 0 saturated carbocycles. The lowest BCUT2D eigenvalue weighted by molar-refractivity contribution is 0.524. The van der Waals surface area contributed by atoms with Crippen LogP contribution in [0, 0.1) is 19.3 Å². The summed E-state index contributed by atoms with van der Waals surface area (Å²) in [5.74, 6) is 9.16. The van der Waals surface area contributed by atoms with Crippen LogP contribution in [0.25, 0.3) is 0 Å². The lowest BCUT2D eigenvalue weighted by Gasteiger charge is -2.14. The molecule has 1 unspecified atom stereocenters. The van der Waals surface area contributed by atoms with Gasteiger partial charge >= 0.3 is 0 Å². The molecule has 0 heterocycles. The lowest BCUT2D eigenvalue weighted by Crippen LogP contribution is -2.36. The summed E-state index contributed by atoms with van der Waals surface area (Å²) in [6.07, 6.45) is 8.11. The molecule has 17 heavy (non-hydrogen) atoms. The molecule has 0 bridgehead atoms. The molecule has 1 rings (SSSR count). The normalized spacial score (nSPS) is 12.1. The van der Waals surface area contributed by atoms with E-state index in [0.717, 1.165) is 25.0 Å². The van der Waals surface area contributed by atoms with E-state index < -0.39 is 0 Å². The first kappa shape index (κ1) is 14.1. The minimum Gasteiger partial charge on any atom is -0.271 e. The molecule has 0 saturated heterocycles. The van der Waals surface area contributed by atoms with Gasteiger partial charge in [-0.15, -0.1) is 24.1 Å². The predicted octanol–water partition coefficient (Wildman–Crippen LogP) is 2.72. The van der Waals surface area contributed by atoms with Gasteiger partial charge in [-0.05, 0) is 31.9 Å². The number of benzene rings is 1. The van der Waals surface area contributed by atoms with Crippen molar-refractivity contribution in [3.8, 4) is 12.3 Å². The van der Waals surface area contributed by atoms with E-state index in [0.29, 0.717) is 6.04 Å². The van der Waals surface area contributed by atoms with Gasteiger partial charge < -0.3 is 0 Å². The van der Waals surface area contributed by atoms with E-state index in [1.807, 2.05) is 11.8 Å². The van der Waals surface area contributed by atoms with Crippen molar-refractivity contribution in [3.05, 3.63) is 29.8 Å². The van der Waals surface area contributed by atoms with Crippen LogP contribution < -0.4 is 11.3 Å². The van der Waals surface area contributed by atoms with Crippen molar-refractivity contribution in [3.63, 3.8) is 0 Å². The summed E-state index contributed by atoms with van der Waals surface area (Å²) in [5, 5.41) is 0. The second kappa shape index (κ2) is 8.19. The van der Waals surface area contributed by atoms with E-state index >= 15 is 0 Å². The van der Waals surface area contributed by atoms with Crippen LogP contribution in [0.15, 0.2) is 29.2 Å².